The molecule has 3 N–H and O–H groups in total. The highest BCUT2D eigenvalue weighted by Gasteiger charge is 2.05. The van der Waals surface area contributed by atoms with E-state index in [1.165, 1.54) is 0 Å². The molecule has 0 aliphatic carbocycles. The van der Waals surface area contributed by atoms with Gasteiger partial charge in [0, 0.05) is 6.54 Å². The highest BCUT2D eigenvalue weighted by atomic mass is 16.5. The molecule has 1 atom stereocenters. The van der Waals surface area contributed by atoms with Gasteiger partial charge in [-0.3, -0.25) is 0 Å². The maximum atomic E-state index is 9.16. The fourth-order valence-electron chi connectivity index (χ4n) is 1.60. The number of methoxy groups -OCH3 is 2. The fourth-order valence-corrected chi connectivity index (χ4v) is 1.60. The molecule has 0 fully saturated rings. The monoisotopic (exact) mass is 255 g/mol. The number of aliphatic hydroxyl groups excluding tert-OH is 2. The van der Waals surface area contributed by atoms with Gasteiger partial charge in [0.25, 0.3) is 0 Å². The second kappa shape index (κ2) is 7.92. The van der Waals surface area contributed by atoms with E-state index in [1.54, 1.807) is 14.2 Å². The first kappa shape index (κ1) is 14.8. The molecule has 0 spiro atoms. The zero-order valence-electron chi connectivity index (χ0n) is 10.8. The smallest absolute Gasteiger partial charge is 0.160 e. The molecule has 0 radical (unpaired) electrons. The Hall–Kier alpha value is -1.30. The average Bonchev–Trinajstić information content (AvgIpc) is 2.42. The standard InChI is InChI=1S/C13H21NO4/c1-17-12-4-3-10(7-13(12)18-2)5-6-14-8-11(16)9-15/h3-4,7,11,14-16H,5-6,8-9H2,1-2H3/t11-/m0/s1. The summed E-state index contributed by atoms with van der Waals surface area (Å²) in [6.07, 6.45) is 0.119. The van der Waals surface area contributed by atoms with Gasteiger partial charge in [-0.1, -0.05) is 6.07 Å². The summed E-state index contributed by atoms with van der Waals surface area (Å²) in [6, 6.07) is 5.78. The Bertz CT molecular complexity index is 357. The molecule has 0 bridgehead atoms. The van der Waals surface area contributed by atoms with E-state index in [-0.39, 0.29) is 6.61 Å². The van der Waals surface area contributed by atoms with Gasteiger partial charge in [-0.05, 0) is 30.7 Å². The zero-order chi connectivity index (χ0) is 13.4. The number of hydrogen-bond acceptors (Lipinski definition) is 5. The van der Waals surface area contributed by atoms with Crippen molar-refractivity contribution >= 4 is 0 Å². The van der Waals surface area contributed by atoms with Crippen molar-refractivity contribution in [3.63, 3.8) is 0 Å². The third-order valence-corrected chi connectivity index (χ3v) is 2.63. The van der Waals surface area contributed by atoms with Crippen molar-refractivity contribution < 1.29 is 19.7 Å². The molecule has 18 heavy (non-hydrogen) atoms. The number of aliphatic hydroxyl groups is 2. The van der Waals surface area contributed by atoms with Crippen molar-refractivity contribution in [1.29, 1.82) is 0 Å². The number of rotatable bonds is 8. The van der Waals surface area contributed by atoms with Gasteiger partial charge in [0.2, 0.25) is 0 Å². The lowest BCUT2D eigenvalue weighted by atomic mass is 10.1. The van der Waals surface area contributed by atoms with Crippen LogP contribution < -0.4 is 14.8 Å². The van der Waals surface area contributed by atoms with Crippen LogP contribution in [0.5, 0.6) is 11.5 Å². The van der Waals surface area contributed by atoms with Gasteiger partial charge in [-0.15, -0.1) is 0 Å². The van der Waals surface area contributed by atoms with Crippen molar-refractivity contribution in [1.82, 2.24) is 5.32 Å². The van der Waals surface area contributed by atoms with Gasteiger partial charge >= 0.3 is 0 Å². The lowest BCUT2D eigenvalue weighted by Gasteiger charge is -2.11. The molecule has 5 nitrogen and oxygen atoms in total. The summed E-state index contributed by atoms with van der Waals surface area (Å²) in [4.78, 5) is 0. The molecule has 1 rings (SSSR count). The van der Waals surface area contributed by atoms with Gasteiger partial charge < -0.3 is 25.0 Å². The van der Waals surface area contributed by atoms with Gasteiger partial charge in [0.05, 0.1) is 26.9 Å². The van der Waals surface area contributed by atoms with Crippen molar-refractivity contribution in [3.8, 4) is 11.5 Å². The van der Waals surface area contributed by atoms with E-state index in [2.05, 4.69) is 5.32 Å². The molecular weight excluding hydrogens is 234 g/mol. The summed E-state index contributed by atoms with van der Waals surface area (Å²) in [7, 11) is 3.22. The second-order valence-corrected chi connectivity index (χ2v) is 3.98. The van der Waals surface area contributed by atoms with Gasteiger partial charge in [-0.2, -0.15) is 0 Å². The quantitative estimate of drug-likeness (QED) is 0.578. The Kier molecular flexibility index (Phi) is 6.49. The van der Waals surface area contributed by atoms with Gasteiger partial charge in [0.1, 0.15) is 0 Å². The van der Waals surface area contributed by atoms with Crippen LogP contribution in [0.3, 0.4) is 0 Å². The van der Waals surface area contributed by atoms with E-state index < -0.39 is 6.10 Å². The van der Waals surface area contributed by atoms with Crippen molar-refractivity contribution in [2.75, 3.05) is 33.9 Å². The topological polar surface area (TPSA) is 71.0 Å². The zero-order valence-corrected chi connectivity index (χ0v) is 10.8. The third kappa shape index (κ3) is 4.52. The number of benzene rings is 1. The van der Waals surface area contributed by atoms with Crippen molar-refractivity contribution in [2.24, 2.45) is 0 Å². The first-order valence-corrected chi connectivity index (χ1v) is 5.91. The minimum absolute atomic E-state index is 0.219. The highest BCUT2D eigenvalue weighted by molar-refractivity contribution is 5.42. The van der Waals surface area contributed by atoms with E-state index >= 15 is 0 Å². The molecular formula is C13H21NO4. The molecule has 102 valence electrons. The van der Waals surface area contributed by atoms with Crippen LogP contribution in [0.2, 0.25) is 0 Å². The molecule has 0 saturated carbocycles. The molecule has 0 unspecified atom stereocenters. The predicted octanol–water partition coefficient (Wildman–Crippen LogP) is 0.189. The average molecular weight is 255 g/mol. The summed E-state index contributed by atoms with van der Waals surface area (Å²) in [5.74, 6) is 1.43. The maximum absolute atomic E-state index is 9.16. The lowest BCUT2D eigenvalue weighted by Crippen LogP contribution is -2.30. The molecule has 0 heterocycles. The molecule has 0 aliphatic rings. The minimum Gasteiger partial charge on any atom is -0.493 e. The Morgan fingerprint density at radius 1 is 1.22 bits per heavy atom. The molecule has 1 aromatic rings. The van der Waals surface area contributed by atoms with Crippen LogP contribution in [0.15, 0.2) is 18.2 Å². The first-order chi connectivity index (χ1) is 8.71. The third-order valence-electron chi connectivity index (χ3n) is 2.63. The summed E-state index contributed by atoms with van der Waals surface area (Å²) < 4.78 is 10.4. The molecule has 0 amide bonds. The molecule has 0 saturated heterocycles. The fraction of sp³-hybridized carbons (Fsp3) is 0.538. The molecule has 1 aromatic carbocycles. The predicted molar refractivity (Wildman–Crippen MR) is 69.2 cm³/mol. The van der Waals surface area contributed by atoms with E-state index in [0.29, 0.717) is 18.0 Å². The Labute approximate surface area is 107 Å². The summed E-state index contributed by atoms with van der Waals surface area (Å²) in [5, 5.41) is 20.9. The number of nitrogens with one attached hydrogen (secondary N) is 1. The van der Waals surface area contributed by atoms with Crippen LogP contribution in [-0.4, -0.2) is 50.2 Å². The largest absolute Gasteiger partial charge is 0.493 e. The van der Waals surface area contributed by atoms with E-state index in [0.717, 1.165) is 18.5 Å². The van der Waals surface area contributed by atoms with Crippen LogP contribution in [0, 0.1) is 0 Å². The minimum atomic E-state index is -0.699. The summed E-state index contributed by atoms with van der Waals surface area (Å²) >= 11 is 0. The number of ether oxygens (including phenoxy) is 2. The van der Waals surface area contributed by atoms with E-state index in [9.17, 15) is 0 Å². The normalized spacial score (nSPS) is 12.2. The molecule has 5 heteroatoms. The summed E-state index contributed by atoms with van der Waals surface area (Å²) in [6.45, 7) is 0.902. The van der Waals surface area contributed by atoms with Gasteiger partial charge in [-0.25, -0.2) is 0 Å². The van der Waals surface area contributed by atoms with E-state index in [4.69, 9.17) is 19.7 Å². The second-order valence-electron chi connectivity index (χ2n) is 3.98. The first-order valence-electron chi connectivity index (χ1n) is 5.91. The Morgan fingerprint density at radius 3 is 2.56 bits per heavy atom. The van der Waals surface area contributed by atoms with Crippen LogP contribution in [-0.2, 0) is 6.42 Å². The summed E-state index contributed by atoms with van der Waals surface area (Å²) in [5.41, 5.74) is 1.12. The number of hydrogen-bond donors (Lipinski definition) is 3. The highest BCUT2D eigenvalue weighted by Crippen LogP contribution is 2.27. The Balaban J connectivity index is 2.43. The SMILES string of the molecule is COc1ccc(CCNC[C@H](O)CO)cc1OC. The van der Waals surface area contributed by atoms with Crippen molar-refractivity contribution in [3.05, 3.63) is 23.8 Å². The van der Waals surface area contributed by atoms with E-state index in [1.807, 2.05) is 18.2 Å². The van der Waals surface area contributed by atoms with Gasteiger partial charge in [0.15, 0.2) is 11.5 Å². The van der Waals surface area contributed by atoms with Crippen LogP contribution in [0.4, 0.5) is 0 Å². The van der Waals surface area contributed by atoms with Crippen LogP contribution in [0.25, 0.3) is 0 Å². The van der Waals surface area contributed by atoms with Crippen LogP contribution in [0.1, 0.15) is 5.56 Å². The van der Waals surface area contributed by atoms with Crippen LogP contribution >= 0.6 is 0 Å². The molecule has 0 aliphatic heterocycles. The Morgan fingerprint density at radius 2 is 1.94 bits per heavy atom. The molecule has 0 aromatic heterocycles. The maximum Gasteiger partial charge on any atom is 0.160 e. The van der Waals surface area contributed by atoms with Crippen molar-refractivity contribution in [2.45, 2.75) is 12.5 Å². The lowest BCUT2D eigenvalue weighted by molar-refractivity contribution is 0.0947.